The van der Waals surface area contributed by atoms with E-state index in [1.54, 1.807) is 0 Å². The highest BCUT2D eigenvalue weighted by Gasteiger charge is 2.27. The minimum Gasteiger partial charge on any atom is -0.330 e. The lowest BCUT2D eigenvalue weighted by atomic mass is 9.82. The van der Waals surface area contributed by atoms with Crippen LogP contribution in [0.3, 0.4) is 0 Å². The van der Waals surface area contributed by atoms with Gasteiger partial charge in [-0.2, -0.15) is 0 Å². The molecule has 0 spiro atoms. The molecule has 1 aliphatic rings. The van der Waals surface area contributed by atoms with E-state index in [-0.39, 0.29) is 0 Å². The second kappa shape index (κ2) is 5.41. The van der Waals surface area contributed by atoms with Gasteiger partial charge in [0.1, 0.15) is 0 Å². The minimum absolute atomic E-state index is 0.332. The van der Waals surface area contributed by atoms with Crippen LogP contribution < -0.4 is 5.32 Å². The van der Waals surface area contributed by atoms with Gasteiger partial charge in [-0.05, 0) is 37.3 Å². The highest BCUT2D eigenvalue weighted by Crippen LogP contribution is 2.30. The van der Waals surface area contributed by atoms with E-state index in [4.69, 9.17) is 0 Å². The average molecular weight is 269 g/mol. The van der Waals surface area contributed by atoms with E-state index in [1.807, 2.05) is 12.5 Å². The van der Waals surface area contributed by atoms with Crippen molar-refractivity contribution in [1.29, 1.82) is 0 Å². The van der Waals surface area contributed by atoms with Gasteiger partial charge in [-0.1, -0.05) is 36.8 Å². The third-order valence-electron chi connectivity index (χ3n) is 4.30. The Morgan fingerprint density at radius 3 is 2.80 bits per heavy atom. The number of rotatable bonds is 3. The summed E-state index contributed by atoms with van der Waals surface area (Å²) >= 11 is 0. The van der Waals surface area contributed by atoms with Crippen molar-refractivity contribution in [3.63, 3.8) is 0 Å². The summed E-state index contributed by atoms with van der Waals surface area (Å²) in [5, 5.41) is 3.52. The van der Waals surface area contributed by atoms with Crippen LogP contribution in [0.25, 0.3) is 11.3 Å². The molecule has 1 fully saturated rings. The van der Waals surface area contributed by atoms with Crippen LogP contribution in [0.5, 0.6) is 0 Å². The molecule has 106 valence electrons. The average Bonchev–Trinajstić information content (AvgIpc) is 2.88. The molecule has 1 aliphatic heterocycles. The van der Waals surface area contributed by atoms with Gasteiger partial charge in [0.25, 0.3) is 0 Å². The summed E-state index contributed by atoms with van der Waals surface area (Å²) in [6, 6.07) is 8.70. The van der Waals surface area contributed by atoms with Crippen LogP contribution in [0.15, 0.2) is 36.8 Å². The molecule has 3 rings (SSSR count). The van der Waals surface area contributed by atoms with Crippen LogP contribution in [-0.2, 0) is 6.54 Å². The summed E-state index contributed by atoms with van der Waals surface area (Å²) in [7, 11) is 0. The summed E-state index contributed by atoms with van der Waals surface area (Å²) in [5.41, 5.74) is 4.10. The standard InChI is InChI=1S/C17H23N3/c1-14-4-6-15(7-5-14)16-10-19-13-20(16)12-17(2)8-3-9-18-11-17/h4-7,10,13,18H,3,8-9,11-12H2,1-2H3. The quantitative estimate of drug-likeness (QED) is 0.927. The fourth-order valence-electron chi connectivity index (χ4n) is 3.08. The van der Waals surface area contributed by atoms with Gasteiger partial charge in [0.15, 0.2) is 0 Å². The van der Waals surface area contributed by atoms with Crippen LogP contribution in [-0.4, -0.2) is 22.6 Å². The Bertz CT molecular complexity index is 562. The zero-order chi connectivity index (χ0) is 14.0. The molecule has 2 heterocycles. The molecule has 0 radical (unpaired) electrons. The van der Waals surface area contributed by atoms with Gasteiger partial charge in [0.2, 0.25) is 0 Å². The Hall–Kier alpha value is -1.61. The first kappa shape index (κ1) is 13.4. The van der Waals surface area contributed by atoms with E-state index in [9.17, 15) is 0 Å². The van der Waals surface area contributed by atoms with E-state index in [1.165, 1.54) is 29.7 Å². The molecule has 20 heavy (non-hydrogen) atoms. The zero-order valence-corrected chi connectivity index (χ0v) is 12.4. The molecular formula is C17H23N3. The van der Waals surface area contributed by atoms with Crippen LogP contribution in [0.2, 0.25) is 0 Å². The number of aryl methyl sites for hydroxylation is 1. The monoisotopic (exact) mass is 269 g/mol. The topological polar surface area (TPSA) is 29.9 Å². The van der Waals surface area contributed by atoms with Crippen LogP contribution in [0.4, 0.5) is 0 Å². The van der Waals surface area contributed by atoms with Gasteiger partial charge in [-0.25, -0.2) is 4.98 Å². The smallest absolute Gasteiger partial charge is 0.0951 e. The normalized spacial score (nSPS) is 22.9. The van der Waals surface area contributed by atoms with Gasteiger partial charge in [-0.15, -0.1) is 0 Å². The summed E-state index contributed by atoms with van der Waals surface area (Å²) in [6.45, 7) is 7.78. The van der Waals surface area contributed by atoms with Gasteiger partial charge < -0.3 is 9.88 Å². The number of imidazole rings is 1. The van der Waals surface area contributed by atoms with Crippen molar-refractivity contribution in [2.45, 2.75) is 33.2 Å². The van der Waals surface area contributed by atoms with E-state index in [0.717, 1.165) is 19.6 Å². The van der Waals surface area contributed by atoms with Crippen LogP contribution >= 0.6 is 0 Å². The lowest BCUT2D eigenvalue weighted by molar-refractivity contribution is 0.202. The molecule has 0 bridgehead atoms. The molecular weight excluding hydrogens is 246 g/mol. The number of nitrogens with one attached hydrogen (secondary N) is 1. The zero-order valence-electron chi connectivity index (χ0n) is 12.4. The van der Waals surface area contributed by atoms with Gasteiger partial charge in [0, 0.05) is 13.1 Å². The number of benzene rings is 1. The maximum Gasteiger partial charge on any atom is 0.0951 e. The second-order valence-electron chi connectivity index (χ2n) is 6.36. The first-order valence-corrected chi connectivity index (χ1v) is 7.44. The van der Waals surface area contributed by atoms with Crippen molar-refractivity contribution in [1.82, 2.24) is 14.9 Å². The summed E-state index contributed by atoms with van der Waals surface area (Å²) < 4.78 is 2.30. The Morgan fingerprint density at radius 1 is 1.30 bits per heavy atom. The van der Waals surface area contributed by atoms with Gasteiger partial charge in [-0.3, -0.25) is 0 Å². The minimum atomic E-state index is 0.332. The molecule has 2 aromatic rings. The van der Waals surface area contributed by atoms with Crippen molar-refractivity contribution >= 4 is 0 Å². The molecule has 1 N–H and O–H groups in total. The van der Waals surface area contributed by atoms with Crippen LogP contribution in [0.1, 0.15) is 25.3 Å². The molecule has 3 nitrogen and oxygen atoms in total. The summed E-state index contributed by atoms with van der Waals surface area (Å²) in [5.74, 6) is 0. The number of hydrogen-bond acceptors (Lipinski definition) is 2. The third-order valence-corrected chi connectivity index (χ3v) is 4.30. The Kier molecular flexibility index (Phi) is 3.62. The van der Waals surface area contributed by atoms with Crippen molar-refractivity contribution in [3.8, 4) is 11.3 Å². The molecule has 3 heteroatoms. The first-order valence-electron chi connectivity index (χ1n) is 7.44. The lowest BCUT2D eigenvalue weighted by Crippen LogP contribution is -2.40. The maximum absolute atomic E-state index is 4.36. The van der Waals surface area contributed by atoms with Crippen LogP contribution in [0, 0.1) is 12.3 Å². The molecule has 1 aromatic heterocycles. The molecule has 1 saturated heterocycles. The van der Waals surface area contributed by atoms with E-state index < -0.39 is 0 Å². The largest absolute Gasteiger partial charge is 0.330 e. The molecule has 1 aromatic carbocycles. The maximum atomic E-state index is 4.36. The van der Waals surface area contributed by atoms with E-state index >= 15 is 0 Å². The SMILES string of the molecule is Cc1ccc(-c2cncn2CC2(C)CCCNC2)cc1. The van der Waals surface area contributed by atoms with Crippen molar-refractivity contribution in [3.05, 3.63) is 42.4 Å². The van der Waals surface area contributed by atoms with Gasteiger partial charge >= 0.3 is 0 Å². The predicted molar refractivity (Wildman–Crippen MR) is 82.6 cm³/mol. The number of piperidine rings is 1. The summed E-state index contributed by atoms with van der Waals surface area (Å²) in [4.78, 5) is 4.36. The molecule has 0 amide bonds. The molecule has 1 unspecified atom stereocenters. The number of hydrogen-bond donors (Lipinski definition) is 1. The van der Waals surface area contributed by atoms with E-state index in [2.05, 4.69) is 53.0 Å². The Balaban J connectivity index is 1.84. The van der Waals surface area contributed by atoms with Crippen molar-refractivity contribution in [2.24, 2.45) is 5.41 Å². The lowest BCUT2D eigenvalue weighted by Gasteiger charge is -2.34. The van der Waals surface area contributed by atoms with Crippen molar-refractivity contribution in [2.75, 3.05) is 13.1 Å². The van der Waals surface area contributed by atoms with Crippen molar-refractivity contribution < 1.29 is 0 Å². The predicted octanol–water partition coefficient (Wildman–Crippen LogP) is 3.25. The third kappa shape index (κ3) is 2.78. The molecule has 1 atom stereocenters. The van der Waals surface area contributed by atoms with Gasteiger partial charge in [0.05, 0.1) is 18.2 Å². The Morgan fingerprint density at radius 2 is 2.10 bits per heavy atom. The molecule has 0 aliphatic carbocycles. The Labute approximate surface area is 121 Å². The first-order chi connectivity index (χ1) is 9.66. The highest BCUT2D eigenvalue weighted by atomic mass is 15.1. The second-order valence-corrected chi connectivity index (χ2v) is 6.36. The van der Waals surface area contributed by atoms with E-state index in [0.29, 0.717) is 5.41 Å². The summed E-state index contributed by atoms with van der Waals surface area (Å²) in [6.07, 6.45) is 6.50. The molecule has 0 saturated carbocycles. The number of aromatic nitrogens is 2. The fourth-order valence-corrected chi connectivity index (χ4v) is 3.08. The highest BCUT2D eigenvalue weighted by molar-refractivity contribution is 5.59. The fraction of sp³-hybridized carbons (Fsp3) is 0.471. The number of nitrogens with zero attached hydrogens (tertiary/aromatic N) is 2.